The van der Waals surface area contributed by atoms with Gasteiger partial charge in [-0.3, -0.25) is 9.59 Å². The van der Waals surface area contributed by atoms with E-state index >= 15 is 0 Å². The summed E-state index contributed by atoms with van der Waals surface area (Å²) in [7, 11) is 0. The van der Waals surface area contributed by atoms with E-state index in [4.69, 9.17) is 5.11 Å². The number of aromatic nitrogens is 1. The van der Waals surface area contributed by atoms with Crippen LogP contribution in [0.2, 0.25) is 0 Å². The van der Waals surface area contributed by atoms with Gasteiger partial charge in [0.1, 0.15) is 0 Å². The molecule has 0 bridgehead atoms. The fourth-order valence-corrected chi connectivity index (χ4v) is 2.43. The molecule has 0 saturated carbocycles. The summed E-state index contributed by atoms with van der Waals surface area (Å²) in [6.45, 7) is 0.822. The van der Waals surface area contributed by atoms with Crippen molar-refractivity contribution < 1.29 is 9.90 Å². The van der Waals surface area contributed by atoms with Crippen molar-refractivity contribution in [2.75, 3.05) is 13.2 Å². The summed E-state index contributed by atoms with van der Waals surface area (Å²) in [5, 5.41) is 9.04. The Kier molecular flexibility index (Phi) is 4.15. The molecule has 98 valence electrons. The highest BCUT2D eigenvalue weighted by atomic mass is 16.3. The highest BCUT2D eigenvalue weighted by Crippen LogP contribution is 2.21. The predicted octanol–water partition coefficient (Wildman–Crippen LogP) is 0.752. The van der Waals surface area contributed by atoms with Crippen LogP contribution >= 0.6 is 0 Å². The van der Waals surface area contributed by atoms with E-state index in [0.717, 1.165) is 25.8 Å². The summed E-state index contributed by atoms with van der Waals surface area (Å²) in [4.78, 5) is 27.6. The molecular formula is C13H18N2O3. The molecule has 1 aliphatic rings. The van der Waals surface area contributed by atoms with Crippen molar-refractivity contribution in [1.82, 2.24) is 9.88 Å². The Labute approximate surface area is 105 Å². The Morgan fingerprint density at radius 3 is 2.94 bits per heavy atom. The zero-order chi connectivity index (χ0) is 13.0. The minimum absolute atomic E-state index is 0.0654. The Bertz CT molecular complexity index is 447. The molecule has 5 heteroatoms. The van der Waals surface area contributed by atoms with Crippen molar-refractivity contribution in [1.29, 1.82) is 0 Å². The average molecular weight is 250 g/mol. The number of aliphatic hydroxyl groups is 1. The van der Waals surface area contributed by atoms with E-state index in [0.29, 0.717) is 12.0 Å². The van der Waals surface area contributed by atoms with E-state index in [1.807, 2.05) is 4.90 Å². The number of aliphatic hydroxyl groups excluding tert-OH is 1. The Morgan fingerprint density at radius 1 is 1.44 bits per heavy atom. The lowest BCUT2D eigenvalue weighted by molar-refractivity contribution is 0.0574. The Hall–Kier alpha value is -1.62. The first-order valence-corrected chi connectivity index (χ1v) is 6.33. The molecule has 18 heavy (non-hydrogen) atoms. The van der Waals surface area contributed by atoms with Crippen LogP contribution < -0.4 is 5.56 Å². The van der Waals surface area contributed by atoms with Gasteiger partial charge in [-0.15, -0.1) is 0 Å². The van der Waals surface area contributed by atoms with Gasteiger partial charge >= 0.3 is 0 Å². The van der Waals surface area contributed by atoms with Gasteiger partial charge in [0.2, 0.25) is 5.56 Å². The molecule has 1 amide bonds. The number of aromatic amines is 1. The van der Waals surface area contributed by atoms with Crippen molar-refractivity contribution in [3.8, 4) is 0 Å². The molecule has 0 aliphatic carbocycles. The van der Waals surface area contributed by atoms with Crippen LogP contribution in [0.25, 0.3) is 0 Å². The highest BCUT2D eigenvalue weighted by Gasteiger charge is 2.26. The first-order chi connectivity index (χ1) is 8.72. The quantitative estimate of drug-likeness (QED) is 0.831. The van der Waals surface area contributed by atoms with Crippen molar-refractivity contribution in [3.63, 3.8) is 0 Å². The van der Waals surface area contributed by atoms with Crippen LogP contribution in [0.5, 0.6) is 0 Å². The van der Waals surface area contributed by atoms with Gasteiger partial charge in [-0.1, -0.05) is 0 Å². The van der Waals surface area contributed by atoms with Crippen molar-refractivity contribution in [2.24, 2.45) is 0 Å². The SMILES string of the molecule is O=C(c1ccc(=O)[nH]c1)N1CCCCC1CCO. The number of H-pyrrole nitrogens is 1. The topological polar surface area (TPSA) is 73.4 Å². The van der Waals surface area contributed by atoms with Gasteiger partial charge in [0, 0.05) is 31.5 Å². The van der Waals surface area contributed by atoms with E-state index in [1.165, 1.54) is 12.3 Å². The fourth-order valence-electron chi connectivity index (χ4n) is 2.43. The second-order valence-electron chi connectivity index (χ2n) is 4.60. The predicted molar refractivity (Wildman–Crippen MR) is 67.4 cm³/mol. The third-order valence-corrected chi connectivity index (χ3v) is 3.38. The van der Waals surface area contributed by atoms with Crippen molar-refractivity contribution in [3.05, 3.63) is 34.2 Å². The molecule has 1 saturated heterocycles. The molecule has 5 nitrogen and oxygen atoms in total. The van der Waals surface area contributed by atoms with E-state index in [9.17, 15) is 9.59 Å². The molecule has 0 spiro atoms. The molecule has 1 unspecified atom stereocenters. The molecule has 1 fully saturated rings. The number of nitrogens with zero attached hydrogens (tertiary/aromatic N) is 1. The molecule has 0 radical (unpaired) electrons. The van der Waals surface area contributed by atoms with Crippen LogP contribution in [0.4, 0.5) is 0 Å². The van der Waals surface area contributed by atoms with Gasteiger partial charge in [0.25, 0.3) is 5.91 Å². The number of carbonyl (C=O) groups is 1. The van der Waals surface area contributed by atoms with Crippen LogP contribution in [0.1, 0.15) is 36.0 Å². The number of amides is 1. The second kappa shape index (κ2) is 5.82. The maximum atomic E-state index is 12.3. The molecule has 0 aromatic carbocycles. The van der Waals surface area contributed by atoms with Crippen LogP contribution in [0, 0.1) is 0 Å². The first-order valence-electron chi connectivity index (χ1n) is 6.33. The summed E-state index contributed by atoms with van der Waals surface area (Å²) < 4.78 is 0. The lowest BCUT2D eigenvalue weighted by atomic mass is 9.99. The lowest BCUT2D eigenvalue weighted by Gasteiger charge is -2.35. The number of carbonyl (C=O) groups excluding carboxylic acids is 1. The highest BCUT2D eigenvalue weighted by molar-refractivity contribution is 5.94. The lowest BCUT2D eigenvalue weighted by Crippen LogP contribution is -2.44. The number of hydrogen-bond acceptors (Lipinski definition) is 3. The molecule has 1 atom stereocenters. The van der Waals surface area contributed by atoms with Crippen LogP contribution in [0.15, 0.2) is 23.1 Å². The molecule has 1 aliphatic heterocycles. The summed E-state index contributed by atoms with van der Waals surface area (Å²) in [5.74, 6) is -0.0654. The molecule has 2 N–H and O–H groups in total. The van der Waals surface area contributed by atoms with E-state index < -0.39 is 0 Å². The molecule has 1 aromatic heterocycles. The summed E-state index contributed by atoms with van der Waals surface area (Å²) in [6, 6.07) is 3.02. The number of pyridine rings is 1. The number of nitrogens with one attached hydrogen (secondary N) is 1. The van der Waals surface area contributed by atoms with Crippen LogP contribution in [-0.2, 0) is 0 Å². The summed E-state index contributed by atoms with van der Waals surface area (Å²) in [5.41, 5.74) is 0.288. The van der Waals surface area contributed by atoms with Gasteiger partial charge in [-0.2, -0.15) is 0 Å². The zero-order valence-electron chi connectivity index (χ0n) is 10.3. The van der Waals surface area contributed by atoms with Crippen LogP contribution in [0.3, 0.4) is 0 Å². The number of hydrogen-bond donors (Lipinski definition) is 2. The van der Waals surface area contributed by atoms with Gasteiger partial charge < -0.3 is 15.0 Å². The van der Waals surface area contributed by atoms with Crippen molar-refractivity contribution >= 4 is 5.91 Å². The number of likely N-dealkylation sites (tertiary alicyclic amines) is 1. The molecule has 2 heterocycles. The number of rotatable bonds is 3. The third kappa shape index (κ3) is 2.79. The maximum absolute atomic E-state index is 12.3. The normalized spacial score (nSPS) is 19.8. The molecule has 1 aromatic rings. The van der Waals surface area contributed by atoms with E-state index in [-0.39, 0.29) is 24.1 Å². The average Bonchev–Trinajstić information content (AvgIpc) is 2.40. The summed E-state index contributed by atoms with van der Waals surface area (Å²) >= 11 is 0. The number of piperidine rings is 1. The smallest absolute Gasteiger partial charge is 0.255 e. The standard InChI is InChI=1S/C13H18N2O3/c16-8-6-11-3-1-2-7-15(11)13(18)10-4-5-12(17)14-9-10/h4-5,9,11,16H,1-3,6-8H2,(H,14,17). The van der Waals surface area contributed by atoms with E-state index in [2.05, 4.69) is 4.98 Å². The van der Waals surface area contributed by atoms with Gasteiger partial charge in [0.15, 0.2) is 0 Å². The monoisotopic (exact) mass is 250 g/mol. The first kappa shape index (κ1) is 12.8. The summed E-state index contributed by atoms with van der Waals surface area (Å²) in [6.07, 6.45) is 5.11. The zero-order valence-corrected chi connectivity index (χ0v) is 10.3. The molecular weight excluding hydrogens is 232 g/mol. The second-order valence-corrected chi connectivity index (χ2v) is 4.60. The third-order valence-electron chi connectivity index (χ3n) is 3.38. The van der Waals surface area contributed by atoms with Gasteiger partial charge in [-0.25, -0.2) is 0 Å². The van der Waals surface area contributed by atoms with Crippen LogP contribution in [-0.4, -0.2) is 40.1 Å². The van der Waals surface area contributed by atoms with E-state index in [1.54, 1.807) is 6.07 Å². The van der Waals surface area contributed by atoms with Gasteiger partial charge in [-0.05, 0) is 31.7 Å². The Morgan fingerprint density at radius 2 is 2.28 bits per heavy atom. The Balaban J connectivity index is 2.15. The minimum Gasteiger partial charge on any atom is -0.396 e. The van der Waals surface area contributed by atoms with Crippen molar-refractivity contribution in [2.45, 2.75) is 31.7 Å². The fraction of sp³-hybridized carbons (Fsp3) is 0.538. The maximum Gasteiger partial charge on any atom is 0.255 e. The minimum atomic E-state index is -0.211. The molecule has 2 rings (SSSR count). The largest absolute Gasteiger partial charge is 0.396 e. The van der Waals surface area contributed by atoms with Gasteiger partial charge in [0.05, 0.1) is 5.56 Å².